The fraction of sp³-hybridized carbons (Fsp3) is 0.0323. The molecule has 11 heteroatoms. The van der Waals surface area contributed by atoms with E-state index in [0.717, 1.165) is 23.0 Å². The van der Waals surface area contributed by atoms with Gasteiger partial charge in [-0.1, -0.05) is 24.3 Å². The number of aldehydes is 1. The summed E-state index contributed by atoms with van der Waals surface area (Å²) in [6.07, 6.45) is 6.64. The second kappa shape index (κ2) is 10.9. The average molecular weight is 560 g/mol. The highest BCUT2D eigenvalue weighted by Crippen LogP contribution is 2.35. The maximum Gasteiger partial charge on any atom is 0.251 e. The van der Waals surface area contributed by atoms with Crippen LogP contribution in [0.3, 0.4) is 0 Å². The van der Waals surface area contributed by atoms with Gasteiger partial charge >= 0.3 is 0 Å². The topological polar surface area (TPSA) is 148 Å². The first-order chi connectivity index (χ1) is 20.4. The second-order valence-electron chi connectivity index (χ2n) is 9.38. The Kier molecular flexibility index (Phi) is 6.81. The Bertz CT molecular complexity index is 1960. The van der Waals surface area contributed by atoms with Gasteiger partial charge in [0.05, 0.1) is 29.3 Å². The first-order valence-electron chi connectivity index (χ1n) is 12.8. The fourth-order valence-electron chi connectivity index (χ4n) is 4.55. The van der Waals surface area contributed by atoms with E-state index in [4.69, 9.17) is 10.7 Å². The molecule has 4 N–H and O–H groups in total. The number of aromatic hydroxyl groups is 1. The second-order valence-corrected chi connectivity index (χ2v) is 9.38. The van der Waals surface area contributed by atoms with Crippen LogP contribution < -0.4 is 11.1 Å². The number of carbonyl (C=O) groups is 2. The summed E-state index contributed by atoms with van der Waals surface area (Å²) in [5, 5.41) is 12.5. The third-order valence-electron chi connectivity index (χ3n) is 6.69. The van der Waals surface area contributed by atoms with Crippen LogP contribution in [0.2, 0.25) is 0 Å². The predicted molar refractivity (Wildman–Crippen MR) is 154 cm³/mol. The number of pyridine rings is 2. The monoisotopic (exact) mass is 559 g/mol. The van der Waals surface area contributed by atoms with Crippen molar-refractivity contribution in [1.29, 1.82) is 0 Å². The number of hydrogen-bond donors (Lipinski definition) is 3. The summed E-state index contributed by atoms with van der Waals surface area (Å²) in [6.45, 7) is 0.232. The molecule has 4 heterocycles. The molecule has 0 unspecified atom stereocenters. The van der Waals surface area contributed by atoms with Crippen LogP contribution in [0, 0.1) is 5.82 Å². The zero-order valence-electron chi connectivity index (χ0n) is 21.9. The van der Waals surface area contributed by atoms with Crippen molar-refractivity contribution in [2.75, 3.05) is 5.73 Å². The molecule has 206 valence electrons. The molecule has 6 rings (SSSR count). The van der Waals surface area contributed by atoms with Crippen LogP contribution >= 0.6 is 0 Å². The van der Waals surface area contributed by atoms with Gasteiger partial charge in [-0.2, -0.15) is 0 Å². The van der Waals surface area contributed by atoms with Crippen LogP contribution in [0.25, 0.3) is 39.5 Å². The number of carbonyl (C=O) groups excluding carboxylic acids is 2. The number of rotatable bonds is 7. The molecule has 0 aliphatic heterocycles. The van der Waals surface area contributed by atoms with Crippen molar-refractivity contribution in [3.8, 4) is 39.7 Å². The molecule has 0 spiro atoms. The first kappa shape index (κ1) is 26.3. The molecule has 0 saturated carbocycles. The lowest BCUT2D eigenvalue weighted by Crippen LogP contribution is -2.22. The Hall–Kier alpha value is -5.97. The van der Waals surface area contributed by atoms with Crippen LogP contribution in [0.15, 0.2) is 91.5 Å². The molecule has 0 bridgehead atoms. The van der Waals surface area contributed by atoms with Crippen molar-refractivity contribution in [1.82, 2.24) is 29.7 Å². The number of halogens is 1. The van der Waals surface area contributed by atoms with E-state index in [1.54, 1.807) is 30.7 Å². The maximum atomic E-state index is 13.5. The molecular weight excluding hydrogens is 537 g/mol. The van der Waals surface area contributed by atoms with Gasteiger partial charge in [0.1, 0.15) is 28.8 Å². The summed E-state index contributed by atoms with van der Waals surface area (Å²) in [6, 6.07) is 18.2. The number of nitrogens with two attached hydrogens (primary N) is 1. The van der Waals surface area contributed by atoms with Crippen LogP contribution in [-0.2, 0) is 6.54 Å². The maximum absolute atomic E-state index is 13.5. The van der Waals surface area contributed by atoms with Gasteiger partial charge in [0.2, 0.25) is 0 Å². The molecule has 0 fully saturated rings. The SMILES string of the molecule is Nc1ncccc1-c1nc2cnc(-c3ccc(F)cn3)cn2c1-c1ccc(CNC(=O)c2ccc(O)c(C=O)c2)cc1. The number of anilines is 1. The number of fused-ring (bicyclic) bond motifs is 1. The molecule has 4 aromatic heterocycles. The van der Waals surface area contributed by atoms with Crippen LogP contribution in [0.1, 0.15) is 26.3 Å². The third kappa shape index (κ3) is 5.02. The minimum Gasteiger partial charge on any atom is -0.507 e. The zero-order valence-corrected chi connectivity index (χ0v) is 21.9. The highest BCUT2D eigenvalue weighted by atomic mass is 19.1. The molecule has 2 aromatic carbocycles. The minimum atomic E-state index is -0.442. The predicted octanol–water partition coefficient (Wildman–Crippen LogP) is 4.69. The Morgan fingerprint density at radius 1 is 1.00 bits per heavy atom. The summed E-state index contributed by atoms with van der Waals surface area (Å²) in [4.78, 5) is 41.4. The molecule has 0 aliphatic carbocycles. The highest BCUT2D eigenvalue weighted by molar-refractivity contribution is 5.96. The normalized spacial score (nSPS) is 11.0. The number of amides is 1. The zero-order chi connectivity index (χ0) is 29.2. The lowest BCUT2D eigenvalue weighted by Gasteiger charge is -2.10. The molecular formula is C31H22FN7O3. The van der Waals surface area contributed by atoms with Gasteiger partial charge in [0.15, 0.2) is 11.9 Å². The Balaban J connectivity index is 1.35. The molecule has 10 nitrogen and oxygen atoms in total. The van der Waals surface area contributed by atoms with E-state index in [0.29, 0.717) is 40.4 Å². The number of nitrogens with one attached hydrogen (secondary N) is 1. The molecule has 0 saturated heterocycles. The fourth-order valence-corrected chi connectivity index (χ4v) is 4.55. The van der Waals surface area contributed by atoms with E-state index >= 15 is 0 Å². The van der Waals surface area contributed by atoms with E-state index in [-0.39, 0.29) is 29.3 Å². The number of nitrogen functional groups attached to an aromatic ring is 1. The largest absolute Gasteiger partial charge is 0.507 e. The number of nitrogens with zero attached hydrogens (tertiary/aromatic N) is 5. The quantitative estimate of drug-likeness (QED) is 0.239. The smallest absolute Gasteiger partial charge is 0.251 e. The van der Waals surface area contributed by atoms with Gasteiger partial charge < -0.3 is 16.2 Å². The Morgan fingerprint density at radius 2 is 1.81 bits per heavy atom. The van der Waals surface area contributed by atoms with E-state index in [1.165, 1.54) is 24.3 Å². The van der Waals surface area contributed by atoms with Gasteiger partial charge in [-0.3, -0.25) is 19.0 Å². The molecule has 1 amide bonds. The van der Waals surface area contributed by atoms with Crippen molar-refractivity contribution in [3.63, 3.8) is 0 Å². The molecule has 0 radical (unpaired) electrons. The van der Waals surface area contributed by atoms with E-state index in [2.05, 4.69) is 20.3 Å². The number of hydrogen-bond acceptors (Lipinski definition) is 8. The van der Waals surface area contributed by atoms with Gasteiger partial charge in [-0.05, 0) is 48.0 Å². The third-order valence-corrected chi connectivity index (χ3v) is 6.69. The van der Waals surface area contributed by atoms with Gasteiger partial charge in [0, 0.05) is 35.6 Å². The molecule has 42 heavy (non-hydrogen) atoms. The van der Waals surface area contributed by atoms with Crippen molar-refractivity contribution < 1.29 is 19.1 Å². The van der Waals surface area contributed by atoms with E-state index in [9.17, 15) is 19.1 Å². The summed E-state index contributed by atoms with van der Waals surface area (Å²) < 4.78 is 15.3. The van der Waals surface area contributed by atoms with Crippen molar-refractivity contribution in [3.05, 3.63) is 114 Å². The van der Waals surface area contributed by atoms with Crippen LogP contribution in [0.5, 0.6) is 5.75 Å². The van der Waals surface area contributed by atoms with Crippen LogP contribution in [0.4, 0.5) is 10.2 Å². The Morgan fingerprint density at radius 3 is 2.55 bits per heavy atom. The molecule has 0 atom stereocenters. The van der Waals surface area contributed by atoms with Crippen molar-refractivity contribution in [2.45, 2.75) is 6.54 Å². The summed E-state index contributed by atoms with van der Waals surface area (Å²) in [5.41, 5.74) is 11.7. The highest BCUT2D eigenvalue weighted by Gasteiger charge is 2.19. The summed E-state index contributed by atoms with van der Waals surface area (Å²) in [5.74, 6) is -0.689. The van der Waals surface area contributed by atoms with Crippen molar-refractivity contribution >= 4 is 23.7 Å². The lowest BCUT2D eigenvalue weighted by atomic mass is 10.0. The van der Waals surface area contributed by atoms with Crippen molar-refractivity contribution in [2.24, 2.45) is 0 Å². The van der Waals surface area contributed by atoms with E-state index in [1.807, 2.05) is 34.7 Å². The number of aromatic nitrogens is 5. The number of imidazole rings is 1. The van der Waals surface area contributed by atoms with E-state index < -0.39 is 5.82 Å². The summed E-state index contributed by atoms with van der Waals surface area (Å²) in [7, 11) is 0. The number of phenols is 1. The van der Waals surface area contributed by atoms with Gasteiger partial charge in [-0.25, -0.2) is 19.3 Å². The number of phenolic OH excluding ortho intramolecular Hbond substituents is 1. The van der Waals surface area contributed by atoms with Gasteiger partial charge in [0.25, 0.3) is 5.91 Å². The first-order valence-corrected chi connectivity index (χ1v) is 12.8. The number of benzene rings is 2. The standard InChI is InChI=1S/C31H22FN7O3/c32-22-8-9-24(35-14-22)25-16-39-27(15-36-25)38-28(23-2-1-11-34-30(23)33)29(39)19-5-3-18(4-6-19)13-37-31(42)20-7-10-26(41)21(12-20)17-40/h1-12,14-17,41H,13H2,(H2,33,34)(H,37,42). The Labute approximate surface area is 238 Å². The average Bonchev–Trinajstić information content (AvgIpc) is 3.39. The van der Waals surface area contributed by atoms with Crippen LogP contribution in [-0.4, -0.2) is 41.6 Å². The molecule has 6 aromatic rings. The minimum absolute atomic E-state index is 0.0404. The summed E-state index contributed by atoms with van der Waals surface area (Å²) >= 11 is 0. The lowest BCUT2D eigenvalue weighted by molar-refractivity contribution is 0.0951. The molecule has 0 aliphatic rings. The van der Waals surface area contributed by atoms with Gasteiger partial charge in [-0.15, -0.1) is 0 Å².